The molecule has 3 aromatic carbocycles. The Labute approximate surface area is 206 Å². The minimum Gasteiger partial charge on any atom is -0.449 e. The molecule has 5 heteroatoms. The number of aryl methyl sites for hydroxylation is 1. The zero-order valence-corrected chi connectivity index (χ0v) is 20.1. The number of hydrogen-bond donors (Lipinski definition) is 1. The molecule has 1 amide bonds. The van der Waals surface area contributed by atoms with Crippen molar-refractivity contribution in [2.45, 2.75) is 38.6 Å². The van der Waals surface area contributed by atoms with Crippen LogP contribution in [-0.2, 0) is 17.6 Å². The number of carbonyl (C=O) groups excluding carboxylic acids is 1. The highest BCUT2D eigenvalue weighted by atomic mass is 16.5. The summed E-state index contributed by atoms with van der Waals surface area (Å²) in [6.07, 6.45) is 1.11. The number of carbonyl (C=O) groups is 1. The SMILES string of the molecule is CCc1ccccc1-c1ccc(C[C@H](C)NC(=O)OCC2c3ccccc3-c3ccccc32)nn1. The molecule has 0 bridgehead atoms. The highest BCUT2D eigenvalue weighted by Gasteiger charge is 2.29. The van der Waals surface area contributed by atoms with Crippen LogP contribution in [0, 0.1) is 0 Å². The second-order valence-electron chi connectivity index (χ2n) is 9.00. The van der Waals surface area contributed by atoms with Crippen LogP contribution in [0.4, 0.5) is 4.79 Å². The molecule has 176 valence electrons. The minimum absolute atomic E-state index is 0.0489. The maximum atomic E-state index is 12.6. The smallest absolute Gasteiger partial charge is 0.407 e. The zero-order chi connectivity index (χ0) is 24.2. The molecule has 0 spiro atoms. The van der Waals surface area contributed by atoms with Gasteiger partial charge in [0.05, 0.1) is 11.4 Å². The fourth-order valence-electron chi connectivity index (χ4n) is 4.90. The van der Waals surface area contributed by atoms with Crippen molar-refractivity contribution in [3.05, 3.63) is 107 Å². The number of hydrogen-bond acceptors (Lipinski definition) is 4. The molecule has 0 fully saturated rings. The van der Waals surface area contributed by atoms with Crippen LogP contribution in [-0.4, -0.2) is 28.9 Å². The molecule has 1 N–H and O–H groups in total. The third-order valence-electron chi connectivity index (χ3n) is 6.62. The summed E-state index contributed by atoms with van der Waals surface area (Å²) in [5.41, 5.74) is 8.89. The van der Waals surface area contributed by atoms with Gasteiger partial charge in [0.2, 0.25) is 0 Å². The Hall–Kier alpha value is -3.99. The van der Waals surface area contributed by atoms with E-state index in [1.807, 2.05) is 55.5 Å². The Kier molecular flexibility index (Phi) is 6.57. The summed E-state index contributed by atoms with van der Waals surface area (Å²) in [7, 11) is 0. The van der Waals surface area contributed by atoms with Crippen molar-refractivity contribution in [2.24, 2.45) is 0 Å². The lowest BCUT2D eigenvalue weighted by atomic mass is 9.98. The van der Waals surface area contributed by atoms with Crippen molar-refractivity contribution < 1.29 is 9.53 Å². The van der Waals surface area contributed by atoms with Gasteiger partial charge in [-0.1, -0.05) is 79.7 Å². The molecule has 0 radical (unpaired) electrons. The molecule has 0 saturated heterocycles. The van der Waals surface area contributed by atoms with Gasteiger partial charge < -0.3 is 10.1 Å². The first-order valence-corrected chi connectivity index (χ1v) is 12.2. The summed E-state index contributed by atoms with van der Waals surface area (Å²) in [6.45, 7) is 4.39. The van der Waals surface area contributed by atoms with Crippen molar-refractivity contribution in [2.75, 3.05) is 6.61 Å². The van der Waals surface area contributed by atoms with Crippen molar-refractivity contribution >= 4 is 6.09 Å². The number of nitrogens with zero attached hydrogens (tertiary/aromatic N) is 2. The van der Waals surface area contributed by atoms with Crippen molar-refractivity contribution in [3.63, 3.8) is 0 Å². The van der Waals surface area contributed by atoms with E-state index in [1.54, 1.807) is 0 Å². The number of benzene rings is 3. The first kappa shape index (κ1) is 22.8. The fourth-order valence-corrected chi connectivity index (χ4v) is 4.90. The fraction of sp³-hybridized carbons (Fsp3) is 0.233. The second-order valence-corrected chi connectivity index (χ2v) is 9.00. The molecule has 4 aromatic rings. The van der Waals surface area contributed by atoms with Crippen LogP contribution >= 0.6 is 0 Å². The van der Waals surface area contributed by atoms with Gasteiger partial charge in [-0.25, -0.2) is 4.79 Å². The number of rotatable bonds is 7. The predicted molar refractivity (Wildman–Crippen MR) is 138 cm³/mol. The molecular formula is C30H29N3O2. The molecule has 1 atom stereocenters. The first-order valence-electron chi connectivity index (χ1n) is 12.2. The second kappa shape index (κ2) is 10.1. The molecular weight excluding hydrogens is 434 g/mol. The van der Waals surface area contributed by atoms with Crippen LogP contribution in [0.2, 0.25) is 0 Å². The van der Waals surface area contributed by atoms with Crippen molar-refractivity contribution in [1.82, 2.24) is 15.5 Å². The Morgan fingerprint density at radius 3 is 2.11 bits per heavy atom. The monoisotopic (exact) mass is 463 g/mol. The predicted octanol–water partition coefficient (Wildman–Crippen LogP) is 6.18. The third-order valence-corrected chi connectivity index (χ3v) is 6.62. The van der Waals surface area contributed by atoms with Crippen LogP contribution in [0.15, 0.2) is 84.9 Å². The van der Waals surface area contributed by atoms with Crippen LogP contribution in [0.25, 0.3) is 22.4 Å². The average molecular weight is 464 g/mol. The Balaban J connectivity index is 1.18. The van der Waals surface area contributed by atoms with E-state index >= 15 is 0 Å². The van der Waals surface area contributed by atoms with Crippen LogP contribution < -0.4 is 5.32 Å². The van der Waals surface area contributed by atoms with E-state index in [0.717, 1.165) is 23.4 Å². The molecule has 0 saturated carbocycles. The van der Waals surface area contributed by atoms with Crippen molar-refractivity contribution in [3.8, 4) is 22.4 Å². The largest absolute Gasteiger partial charge is 0.449 e. The summed E-state index contributed by atoms with van der Waals surface area (Å²) >= 11 is 0. The molecule has 1 aliphatic rings. The lowest BCUT2D eigenvalue weighted by molar-refractivity contribution is 0.139. The molecule has 1 aromatic heterocycles. The minimum atomic E-state index is -0.416. The van der Waals surface area contributed by atoms with Crippen LogP contribution in [0.5, 0.6) is 0 Å². The number of ether oxygens (including phenoxy) is 1. The van der Waals surface area contributed by atoms with Gasteiger partial charge in [0, 0.05) is 23.9 Å². The average Bonchev–Trinajstić information content (AvgIpc) is 3.21. The lowest BCUT2D eigenvalue weighted by Gasteiger charge is -2.17. The molecule has 1 aliphatic carbocycles. The molecule has 5 nitrogen and oxygen atoms in total. The molecule has 5 rings (SSSR count). The number of amides is 1. The highest BCUT2D eigenvalue weighted by molar-refractivity contribution is 5.79. The standard InChI is InChI=1S/C30H29N3O2/c1-3-21-10-4-5-11-23(21)29-17-16-22(32-33-29)18-20(2)31-30(34)35-19-28-26-14-8-6-12-24(26)25-13-7-9-15-27(25)28/h4-17,20,28H,3,18-19H2,1-2H3,(H,31,34)/t20-/m0/s1. The van der Waals surface area contributed by atoms with Crippen molar-refractivity contribution in [1.29, 1.82) is 0 Å². The zero-order valence-electron chi connectivity index (χ0n) is 20.1. The Bertz CT molecular complexity index is 1290. The maximum Gasteiger partial charge on any atom is 0.407 e. The van der Waals surface area contributed by atoms with Gasteiger partial charge in [-0.15, -0.1) is 0 Å². The number of fused-ring (bicyclic) bond motifs is 3. The van der Waals surface area contributed by atoms with E-state index in [0.29, 0.717) is 13.0 Å². The van der Waals surface area contributed by atoms with E-state index in [1.165, 1.54) is 27.8 Å². The normalized spacial score (nSPS) is 13.1. The van der Waals surface area contributed by atoms with Crippen LogP contribution in [0.3, 0.4) is 0 Å². The summed E-state index contributed by atoms with van der Waals surface area (Å²) in [4.78, 5) is 12.6. The van der Waals surface area contributed by atoms with E-state index in [2.05, 4.69) is 58.8 Å². The third kappa shape index (κ3) is 4.80. The Morgan fingerprint density at radius 1 is 0.857 bits per heavy atom. The van der Waals surface area contributed by atoms with E-state index in [4.69, 9.17) is 4.74 Å². The van der Waals surface area contributed by atoms with E-state index in [9.17, 15) is 4.79 Å². The van der Waals surface area contributed by atoms with Gasteiger partial charge in [0.25, 0.3) is 0 Å². The van der Waals surface area contributed by atoms with E-state index < -0.39 is 6.09 Å². The number of alkyl carbamates (subject to hydrolysis) is 1. The number of aromatic nitrogens is 2. The quantitative estimate of drug-likeness (QED) is 0.356. The van der Waals surface area contributed by atoms with E-state index in [-0.39, 0.29) is 12.0 Å². The Morgan fingerprint density at radius 2 is 1.49 bits per heavy atom. The summed E-state index contributed by atoms with van der Waals surface area (Å²) < 4.78 is 5.66. The summed E-state index contributed by atoms with van der Waals surface area (Å²) in [5.74, 6) is 0.0489. The lowest BCUT2D eigenvalue weighted by Crippen LogP contribution is -2.35. The molecule has 0 aliphatic heterocycles. The first-order chi connectivity index (χ1) is 17.1. The maximum absolute atomic E-state index is 12.6. The van der Waals surface area contributed by atoms with Gasteiger partial charge in [-0.3, -0.25) is 0 Å². The van der Waals surface area contributed by atoms with Crippen LogP contribution in [0.1, 0.15) is 42.1 Å². The topological polar surface area (TPSA) is 64.1 Å². The van der Waals surface area contributed by atoms with Gasteiger partial charge in [-0.2, -0.15) is 10.2 Å². The van der Waals surface area contributed by atoms with Gasteiger partial charge in [0.15, 0.2) is 0 Å². The molecule has 1 heterocycles. The summed E-state index contributed by atoms with van der Waals surface area (Å²) in [5, 5.41) is 11.8. The molecule has 0 unspecified atom stereocenters. The van der Waals surface area contributed by atoms with Gasteiger partial charge in [0.1, 0.15) is 6.61 Å². The van der Waals surface area contributed by atoms with Gasteiger partial charge >= 0.3 is 6.09 Å². The van der Waals surface area contributed by atoms with Gasteiger partial charge in [-0.05, 0) is 53.3 Å². The highest BCUT2D eigenvalue weighted by Crippen LogP contribution is 2.44. The molecule has 35 heavy (non-hydrogen) atoms. The summed E-state index contributed by atoms with van der Waals surface area (Å²) in [6, 6.07) is 28.7. The number of nitrogens with one attached hydrogen (secondary N) is 1.